The maximum absolute atomic E-state index is 11.0. The molecule has 0 aliphatic carbocycles. The second-order valence-electron chi connectivity index (χ2n) is 5.26. The fourth-order valence-corrected chi connectivity index (χ4v) is 2.21. The third kappa shape index (κ3) is 3.93. The van der Waals surface area contributed by atoms with Crippen LogP contribution in [0.25, 0.3) is 11.3 Å². The molecular formula is C18H13N3O5. The van der Waals surface area contributed by atoms with Gasteiger partial charge in [0.1, 0.15) is 11.5 Å². The molecule has 3 aromatic rings. The average molecular weight is 351 g/mol. The minimum Gasteiger partial charge on any atom is -0.478 e. The monoisotopic (exact) mass is 351 g/mol. The van der Waals surface area contributed by atoms with Crippen molar-refractivity contribution in [3.63, 3.8) is 0 Å². The van der Waals surface area contributed by atoms with Crippen LogP contribution in [0.2, 0.25) is 0 Å². The van der Waals surface area contributed by atoms with Crippen molar-refractivity contribution in [1.82, 2.24) is 0 Å². The number of nitrogens with zero attached hydrogens (tertiary/aromatic N) is 2. The number of carboxylic acids is 1. The number of nitrogens with one attached hydrogen (secondary N) is 1. The van der Waals surface area contributed by atoms with Gasteiger partial charge in [-0.25, -0.2) is 4.79 Å². The summed E-state index contributed by atoms with van der Waals surface area (Å²) in [6, 6.07) is 15.7. The van der Waals surface area contributed by atoms with Crippen molar-refractivity contribution < 1.29 is 19.2 Å². The average Bonchev–Trinajstić information content (AvgIpc) is 3.11. The lowest BCUT2D eigenvalue weighted by molar-refractivity contribution is -0.384. The Kier molecular flexibility index (Phi) is 4.75. The van der Waals surface area contributed by atoms with E-state index in [0.717, 1.165) is 0 Å². The summed E-state index contributed by atoms with van der Waals surface area (Å²) in [6.45, 7) is 0. The highest BCUT2D eigenvalue weighted by Gasteiger charge is 2.08. The maximum atomic E-state index is 11.0. The molecule has 2 aromatic carbocycles. The first-order valence-corrected chi connectivity index (χ1v) is 7.50. The van der Waals surface area contributed by atoms with E-state index in [1.54, 1.807) is 36.4 Å². The SMILES string of the molecule is O=C(O)c1cccc(-c2ccc(C=NNc3ccc([N+](=O)[O-])cc3)o2)c1. The molecule has 0 atom stereocenters. The van der Waals surface area contributed by atoms with E-state index in [9.17, 15) is 14.9 Å². The van der Waals surface area contributed by atoms with E-state index in [1.165, 1.54) is 30.5 Å². The van der Waals surface area contributed by atoms with Gasteiger partial charge in [0.2, 0.25) is 0 Å². The zero-order valence-corrected chi connectivity index (χ0v) is 13.3. The first kappa shape index (κ1) is 16.9. The number of rotatable bonds is 6. The zero-order chi connectivity index (χ0) is 18.5. The molecule has 26 heavy (non-hydrogen) atoms. The van der Waals surface area contributed by atoms with Gasteiger partial charge in [-0.3, -0.25) is 15.5 Å². The van der Waals surface area contributed by atoms with E-state index in [2.05, 4.69) is 10.5 Å². The summed E-state index contributed by atoms with van der Waals surface area (Å²) in [5.41, 5.74) is 4.15. The van der Waals surface area contributed by atoms with Crippen LogP contribution in [0.3, 0.4) is 0 Å². The summed E-state index contributed by atoms with van der Waals surface area (Å²) < 4.78 is 5.62. The molecule has 1 aromatic heterocycles. The number of non-ortho nitro benzene ring substituents is 1. The van der Waals surface area contributed by atoms with Gasteiger partial charge in [0.25, 0.3) is 5.69 Å². The van der Waals surface area contributed by atoms with E-state index >= 15 is 0 Å². The predicted octanol–water partition coefficient (Wildman–Crippen LogP) is 4.00. The highest BCUT2D eigenvalue weighted by Crippen LogP contribution is 2.22. The molecule has 0 aliphatic rings. The molecule has 130 valence electrons. The quantitative estimate of drug-likeness (QED) is 0.394. The van der Waals surface area contributed by atoms with Crippen molar-refractivity contribution in [2.75, 3.05) is 5.43 Å². The Bertz CT molecular complexity index is 977. The van der Waals surface area contributed by atoms with E-state index in [1.807, 2.05) is 0 Å². The van der Waals surface area contributed by atoms with Gasteiger partial charge in [-0.05, 0) is 36.4 Å². The Balaban J connectivity index is 1.68. The number of benzene rings is 2. The third-order valence-electron chi connectivity index (χ3n) is 3.48. The number of hydrogen-bond acceptors (Lipinski definition) is 6. The van der Waals surface area contributed by atoms with Gasteiger partial charge in [0, 0.05) is 17.7 Å². The number of aromatic carboxylic acids is 1. The third-order valence-corrected chi connectivity index (χ3v) is 3.48. The second kappa shape index (κ2) is 7.31. The molecule has 8 nitrogen and oxygen atoms in total. The Morgan fingerprint density at radius 2 is 1.92 bits per heavy atom. The van der Waals surface area contributed by atoms with E-state index in [-0.39, 0.29) is 11.3 Å². The fourth-order valence-electron chi connectivity index (χ4n) is 2.21. The Labute approximate surface area is 147 Å². The number of anilines is 1. The molecular weight excluding hydrogens is 338 g/mol. The highest BCUT2D eigenvalue weighted by atomic mass is 16.6. The van der Waals surface area contributed by atoms with E-state index in [0.29, 0.717) is 22.8 Å². The predicted molar refractivity (Wildman–Crippen MR) is 95.4 cm³/mol. The maximum Gasteiger partial charge on any atom is 0.335 e. The Morgan fingerprint density at radius 3 is 2.62 bits per heavy atom. The van der Waals surface area contributed by atoms with Gasteiger partial charge >= 0.3 is 5.97 Å². The summed E-state index contributed by atoms with van der Waals surface area (Å²) in [5.74, 6) is -0.0208. The molecule has 0 saturated heterocycles. The molecule has 8 heteroatoms. The molecule has 2 N–H and O–H groups in total. The van der Waals surface area contributed by atoms with Crippen molar-refractivity contribution in [2.24, 2.45) is 5.10 Å². The van der Waals surface area contributed by atoms with Crippen LogP contribution in [-0.2, 0) is 0 Å². The number of nitro groups is 1. The molecule has 1 heterocycles. The van der Waals surface area contributed by atoms with E-state index in [4.69, 9.17) is 9.52 Å². The lowest BCUT2D eigenvalue weighted by Gasteiger charge is -1.99. The standard InChI is InChI=1S/C18H13N3O5/c22-18(23)13-3-1-2-12(10-13)17-9-8-16(26-17)11-19-20-14-4-6-15(7-5-14)21(24)25/h1-11,20H,(H,22,23). The molecule has 3 rings (SSSR count). The van der Waals surface area contributed by atoms with Crippen LogP contribution in [0.1, 0.15) is 16.1 Å². The highest BCUT2D eigenvalue weighted by molar-refractivity contribution is 5.89. The normalized spacial score (nSPS) is 10.8. The van der Waals surface area contributed by atoms with Crippen molar-refractivity contribution >= 4 is 23.6 Å². The number of carbonyl (C=O) groups is 1. The minimum absolute atomic E-state index is 0.00111. The van der Waals surface area contributed by atoms with Crippen LogP contribution in [-0.4, -0.2) is 22.2 Å². The molecule has 0 spiro atoms. The van der Waals surface area contributed by atoms with Crippen LogP contribution in [0.15, 0.2) is 70.2 Å². The fraction of sp³-hybridized carbons (Fsp3) is 0. The Hall–Kier alpha value is -3.94. The van der Waals surface area contributed by atoms with Crippen LogP contribution in [0.4, 0.5) is 11.4 Å². The van der Waals surface area contributed by atoms with Crippen molar-refractivity contribution in [3.05, 3.63) is 82.1 Å². The first-order valence-electron chi connectivity index (χ1n) is 7.50. The number of hydrazone groups is 1. The van der Waals surface area contributed by atoms with Gasteiger partial charge < -0.3 is 9.52 Å². The van der Waals surface area contributed by atoms with Gasteiger partial charge in [0.05, 0.1) is 22.4 Å². The molecule has 0 bridgehead atoms. The molecule has 0 aliphatic heterocycles. The van der Waals surface area contributed by atoms with Gasteiger partial charge in [0.15, 0.2) is 0 Å². The van der Waals surface area contributed by atoms with Crippen molar-refractivity contribution in [3.8, 4) is 11.3 Å². The van der Waals surface area contributed by atoms with Crippen LogP contribution in [0, 0.1) is 10.1 Å². The summed E-state index contributed by atoms with van der Waals surface area (Å²) in [7, 11) is 0. The minimum atomic E-state index is -1.01. The van der Waals surface area contributed by atoms with Gasteiger partial charge in [-0.15, -0.1) is 0 Å². The molecule has 0 saturated carbocycles. The number of nitro benzene ring substituents is 1. The number of hydrogen-bond donors (Lipinski definition) is 2. The van der Waals surface area contributed by atoms with Crippen LogP contribution < -0.4 is 5.43 Å². The lowest BCUT2D eigenvalue weighted by atomic mass is 10.1. The summed E-state index contributed by atoms with van der Waals surface area (Å²) in [4.78, 5) is 21.2. The zero-order valence-electron chi connectivity index (χ0n) is 13.3. The Morgan fingerprint density at radius 1 is 1.15 bits per heavy atom. The van der Waals surface area contributed by atoms with Crippen LogP contribution >= 0.6 is 0 Å². The smallest absolute Gasteiger partial charge is 0.335 e. The summed E-state index contributed by atoms with van der Waals surface area (Å²) >= 11 is 0. The topological polar surface area (TPSA) is 118 Å². The van der Waals surface area contributed by atoms with Gasteiger partial charge in [-0.1, -0.05) is 12.1 Å². The number of carboxylic acid groups (broad SMARTS) is 1. The van der Waals surface area contributed by atoms with Gasteiger partial charge in [-0.2, -0.15) is 5.10 Å². The molecule has 0 amide bonds. The first-order chi connectivity index (χ1) is 12.5. The van der Waals surface area contributed by atoms with Crippen molar-refractivity contribution in [2.45, 2.75) is 0 Å². The van der Waals surface area contributed by atoms with Crippen molar-refractivity contribution in [1.29, 1.82) is 0 Å². The van der Waals surface area contributed by atoms with Crippen LogP contribution in [0.5, 0.6) is 0 Å². The summed E-state index contributed by atoms with van der Waals surface area (Å²) in [6.07, 6.45) is 1.45. The molecule has 0 unspecified atom stereocenters. The lowest BCUT2D eigenvalue weighted by Crippen LogP contribution is -1.95. The largest absolute Gasteiger partial charge is 0.478 e. The molecule has 0 radical (unpaired) electrons. The second-order valence-corrected chi connectivity index (χ2v) is 5.26. The summed E-state index contributed by atoms with van der Waals surface area (Å²) in [5, 5.41) is 23.6. The molecule has 0 fully saturated rings. The number of furan rings is 1. The van der Waals surface area contributed by atoms with E-state index < -0.39 is 10.9 Å².